The number of benzene rings is 2. The Kier molecular flexibility index (Phi) is 12.6. The van der Waals surface area contributed by atoms with E-state index in [1.807, 2.05) is 54.7 Å². The Hall–Kier alpha value is -2.88. The summed E-state index contributed by atoms with van der Waals surface area (Å²) < 4.78 is 10.7. The van der Waals surface area contributed by atoms with Crippen LogP contribution in [0.25, 0.3) is 6.08 Å². The van der Waals surface area contributed by atoms with E-state index >= 15 is 0 Å². The molecule has 0 unspecified atom stereocenters. The summed E-state index contributed by atoms with van der Waals surface area (Å²) in [7, 11) is 0. The van der Waals surface area contributed by atoms with E-state index in [0.717, 1.165) is 35.6 Å². The summed E-state index contributed by atoms with van der Waals surface area (Å²) in [6, 6.07) is 15.7. The Bertz CT molecular complexity index is 823. The maximum absolute atomic E-state index is 11.4. The van der Waals surface area contributed by atoms with Crippen molar-refractivity contribution in [2.24, 2.45) is 4.99 Å². The third-order valence-corrected chi connectivity index (χ3v) is 5.10. The van der Waals surface area contributed by atoms with Gasteiger partial charge in [-0.3, -0.25) is 4.99 Å². The molecule has 0 amide bonds. The molecule has 172 valence electrons. The average Bonchev–Trinajstić information content (AvgIpc) is 2.82. The number of nitrogens with zero attached hydrogens (tertiary/aromatic N) is 1. The Morgan fingerprint density at radius 2 is 1.44 bits per heavy atom. The van der Waals surface area contributed by atoms with Crippen LogP contribution in [0.3, 0.4) is 0 Å². The first kappa shape index (κ1) is 25.4. The second kappa shape index (κ2) is 15.9. The first-order valence-electron chi connectivity index (χ1n) is 11.9. The molecule has 0 spiro atoms. The minimum atomic E-state index is -0.333. The summed E-state index contributed by atoms with van der Waals surface area (Å²) in [5.74, 6) is 0.572. The lowest BCUT2D eigenvalue weighted by atomic mass is 10.1. The molecule has 0 N–H and O–H groups in total. The number of hydrogen-bond donors (Lipinski definition) is 0. The van der Waals surface area contributed by atoms with Gasteiger partial charge in [-0.25, -0.2) is 4.79 Å². The molecular formula is C28H37NO3. The number of carbonyl (C=O) groups excluding carboxylic acids is 1. The molecule has 0 atom stereocenters. The smallest absolute Gasteiger partial charge is 0.330 e. The fourth-order valence-electron chi connectivity index (χ4n) is 3.25. The number of rotatable bonds is 15. The van der Waals surface area contributed by atoms with Gasteiger partial charge in [0.05, 0.1) is 18.9 Å². The van der Waals surface area contributed by atoms with Gasteiger partial charge in [0.1, 0.15) is 5.75 Å². The van der Waals surface area contributed by atoms with Crippen LogP contribution in [0.4, 0.5) is 5.69 Å². The SMILES string of the molecule is CCCCCCCCCCOc1ccc(C=Nc2ccc(/C=C/C(=O)OCC)cc2)cc1. The van der Waals surface area contributed by atoms with E-state index in [1.54, 1.807) is 13.0 Å². The molecule has 32 heavy (non-hydrogen) atoms. The van der Waals surface area contributed by atoms with Crippen molar-refractivity contribution in [1.82, 2.24) is 0 Å². The third-order valence-electron chi connectivity index (χ3n) is 5.10. The Balaban J connectivity index is 1.69. The van der Waals surface area contributed by atoms with Gasteiger partial charge in [0.15, 0.2) is 0 Å². The fraction of sp³-hybridized carbons (Fsp3) is 0.429. The number of carbonyl (C=O) groups is 1. The van der Waals surface area contributed by atoms with Gasteiger partial charge in [-0.1, -0.05) is 64.0 Å². The third kappa shape index (κ3) is 10.9. The van der Waals surface area contributed by atoms with Crippen LogP contribution in [-0.4, -0.2) is 25.4 Å². The van der Waals surface area contributed by atoms with Gasteiger partial charge in [0, 0.05) is 12.3 Å². The van der Waals surface area contributed by atoms with Gasteiger partial charge < -0.3 is 9.47 Å². The summed E-state index contributed by atoms with van der Waals surface area (Å²) in [5, 5.41) is 0. The van der Waals surface area contributed by atoms with Crippen molar-refractivity contribution in [1.29, 1.82) is 0 Å². The highest BCUT2D eigenvalue weighted by Crippen LogP contribution is 2.16. The molecule has 4 heteroatoms. The van der Waals surface area contributed by atoms with Crippen LogP contribution in [0.15, 0.2) is 59.6 Å². The molecule has 0 radical (unpaired) electrons. The van der Waals surface area contributed by atoms with E-state index in [4.69, 9.17) is 9.47 Å². The summed E-state index contributed by atoms with van der Waals surface area (Å²) in [6.07, 6.45) is 15.4. The Morgan fingerprint density at radius 3 is 2.09 bits per heavy atom. The minimum absolute atomic E-state index is 0.333. The molecule has 2 aromatic carbocycles. The lowest BCUT2D eigenvalue weighted by molar-refractivity contribution is -0.137. The summed E-state index contributed by atoms with van der Waals surface area (Å²) >= 11 is 0. The molecule has 0 bridgehead atoms. The predicted octanol–water partition coefficient (Wildman–Crippen LogP) is 7.53. The van der Waals surface area contributed by atoms with Crippen molar-refractivity contribution in [2.75, 3.05) is 13.2 Å². The van der Waals surface area contributed by atoms with E-state index < -0.39 is 0 Å². The second-order valence-electron chi connectivity index (χ2n) is 7.83. The highest BCUT2D eigenvalue weighted by molar-refractivity contribution is 5.87. The molecule has 0 saturated heterocycles. The van der Waals surface area contributed by atoms with Gasteiger partial charge in [0.2, 0.25) is 0 Å². The van der Waals surface area contributed by atoms with Gasteiger partial charge in [0.25, 0.3) is 0 Å². The van der Waals surface area contributed by atoms with Gasteiger partial charge in [-0.2, -0.15) is 0 Å². The molecule has 0 aliphatic carbocycles. The van der Waals surface area contributed by atoms with Crippen LogP contribution in [0.1, 0.15) is 76.3 Å². The van der Waals surface area contributed by atoms with Crippen molar-refractivity contribution in [3.8, 4) is 5.75 Å². The first-order valence-corrected chi connectivity index (χ1v) is 11.9. The van der Waals surface area contributed by atoms with Crippen LogP contribution < -0.4 is 4.74 Å². The number of aliphatic imine (C=N–C) groups is 1. The Labute approximate surface area is 193 Å². The average molecular weight is 436 g/mol. The molecule has 2 aromatic rings. The van der Waals surface area contributed by atoms with Crippen molar-refractivity contribution in [3.05, 3.63) is 65.7 Å². The fourth-order valence-corrected chi connectivity index (χ4v) is 3.25. The predicted molar refractivity (Wildman–Crippen MR) is 134 cm³/mol. The maximum atomic E-state index is 11.4. The lowest BCUT2D eigenvalue weighted by Crippen LogP contribution is -1.98. The van der Waals surface area contributed by atoms with E-state index in [9.17, 15) is 4.79 Å². The molecule has 0 heterocycles. The number of unbranched alkanes of at least 4 members (excludes halogenated alkanes) is 7. The molecule has 0 aliphatic rings. The Morgan fingerprint density at radius 1 is 0.812 bits per heavy atom. The molecule has 0 aliphatic heterocycles. The van der Waals surface area contributed by atoms with Crippen LogP contribution in [0.5, 0.6) is 5.75 Å². The van der Waals surface area contributed by atoms with Gasteiger partial charge >= 0.3 is 5.97 Å². The van der Waals surface area contributed by atoms with Crippen LogP contribution in [0, 0.1) is 0 Å². The minimum Gasteiger partial charge on any atom is -0.494 e. The molecule has 2 rings (SSSR count). The molecule has 4 nitrogen and oxygen atoms in total. The highest BCUT2D eigenvalue weighted by Gasteiger charge is 1.97. The number of ether oxygens (including phenoxy) is 2. The molecule has 0 saturated carbocycles. The van der Waals surface area contributed by atoms with E-state index in [1.165, 1.54) is 51.0 Å². The standard InChI is InChI=1S/C28H37NO3/c1-3-5-6-7-8-9-10-11-22-32-27-19-14-25(15-20-27)23-29-26-17-12-24(13-18-26)16-21-28(30)31-4-2/h12-21,23H,3-11,22H2,1-2H3/b21-16+,29-23?. The van der Waals surface area contributed by atoms with Crippen LogP contribution >= 0.6 is 0 Å². The van der Waals surface area contributed by atoms with Gasteiger partial charge in [-0.05, 0) is 66.9 Å². The number of esters is 1. The normalized spacial score (nSPS) is 11.3. The van der Waals surface area contributed by atoms with Crippen molar-refractivity contribution < 1.29 is 14.3 Å². The first-order chi connectivity index (χ1) is 15.7. The lowest BCUT2D eigenvalue weighted by Gasteiger charge is -2.06. The van der Waals surface area contributed by atoms with E-state index in [-0.39, 0.29) is 5.97 Å². The van der Waals surface area contributed by atoms with E-state index in [2.05, 4.69) is 11.9 Å². The summed E-state index contributed by atoms with van der Waals surface area (Å²) in [5.41, 5.74) is 2.80. The molecule has 0 aromatic heterocycles. The highest BCUT2D eigenvalue weighted by atomic mass is 16.5. The zero-order chi connectivity index (χ0) is 22.9. The molecular weight excluding hydrogens is 398 g/mol. The monoisotopic (exact) mass is 435 g/mol. The molecule has 0 fully saturated rings. The summed E-state index contributed by atoms with van der Waals surface area (Å²) in [4.78, 5) is 15.9. The van der Waals surface area contributed by atoms with Crippen LogP contribution in [-0.2, 0) is 9.53 Å². The zero-order valence-electron chi connectivity index (χ0n) is 19.6. The van der Waals surface area contributed by atoms with Crippen molar-refractivity contribution in [3.63, 3.8) is 0 Å². The maximum Gasteiger partial charge on any atom is 0.330 e. The quantitative estimate of drug-likeness (QED) is 0.126. The van der Waals surface area contributed by atoms with Gasteiger partial charge in [-0.15, -0.1) is 0 Å². The van der Waals surface area contributed by atoms with Crippen molar-refractivity contribution in [2.45, 2.75) is 65.2 Å². The van der Waals surface area contributed by atoms with Crippen molar-refractivity contribution >= 4 is 23.9 Å². The number of hydrogen-bond acceptors (Lipinski definition) is 4. The van der Waals surface area contributed by atoms with Crippen LogP contribution in [0.2, 0.25) is 0 Å². The largest absolute Gasteiger partial charge is 0.494 e. The van der Waals surface area contributed by atoms with E-state index in [0.29, 0.717) is 6.61 Å². The topological polar surface area (TPSA) is 47.9 Å². The summed E-state index contributed by atoms with van der Waals surface area (Å²) in [6.45, 7) is 5.20. The second-order valence-corrected chi connectivity index (χ2v) is 7.83. The zero-order valence-corrected chi connectivity index (χ0v) is 19.6.